The van der Waals surface area contributed by atoms with Gasteiger partial charge in [-0.3, -0.25) is 4.79 Å². The van der Waals surface area contributed by atoms with Gasteiger partial charge in [-0.25, -0.2) is 0 Å². The number of aliphatic hydroxyl groups is 1. The summed E-state index contributed by atoms with van der Waals surface area (Å²) >= 11 is 0. The number of unbranched alkanes of at least 4 members (excludes halogenated alkanes) is 15. The summed E-state index contributed by atoms with van der Waals surface area (Å²) < 4.78 is 5.39. The van der Waals surface area contributed by atoms with Crippen LogP contribution in [0.1, 0.15) is 116 Å². The van der Waals surface area contributed by atoms with Crippen LogP contribution in [-0.4, -0.2) is 35.5 Å². The molecule has 0 aromatic carbocycles. The predicted molar refractivity (Wildman–Crippen MR) is 109 cm³/mol. The molecule has 0 saturated carbocycles. The molecule has 0 rings (SSSR count). The second-order valence-corrected chi connectivity index (χ2v) is 7.58. The van der Waals surface area contributed by atoms with Crippen LogP contribution in [0.25, 0.3) is 0 Å². The predicted octanol–water partition coefficient (Wildman–Crippen LogP) is 6.10. The molecule has 0 spiro atoms. The van der Waals surface area contributed by atoms with Crippen LogP contribution in [0.5, 0.6) is 0 Å². The van der Waals surface area contributed by atoms with E-state index in [2.05, 4.69) is 6.92 Å². The van der Waals surface area contributed by atoms with Crippen molar-refractivity contribution in [3.05, 3.63) is 0 Å². The molecular weight excluding hydrogens is 328 g/mol. The van der Waals surface area contributed by atoms with Gasteiger partial charge in [0.25, 0.3) is 0 Å². The van der Waals surface area contributed by atoms with Gasteiger partial charge in [0, 0.05) is 6.61 Å². The van der Waals surface area contributed by atoms with Gasteiger partial charge in [0.2, 0.25) is 0 Å². The van der Waals surface area contributed by atoms with Gasteiger partial charge < -0.3 is 14.9 Å². The Bertz CT molecular complexity index is 294. The van der Waals surface area contributed by atoms with Gasteiger partial charge in [-0.05, 0) is 6.42 Å². The quantitative estimate of drug-likeness (QED) is 0.239. The van der Waals surface area contributed by atoms with Crippen molar-refractivity contribution in [2.24, 2.45) is 0 Å². The number of rotatable bonds is 21. The number of hydrogen-bond acceptors (Lipinski definition) is 3. The van der Waals surface area contributed by atoms with Crippen LogP contribution in [0.3, 0.4) is 0 Å². The summed E-state index contributed by atoms with van der Waals surface area (Å²) in [7, 11) is 0. The first-order valence-electron chi connectivity index (χ1n) is 11.1. The number of aliphatic hydroxyl groups excluding tert-OH is 1. The van der Waals surface area contributed by atoms with Crippen molar-refractivity contribution in [1.82, 2.24) is 0 Å². The molecule has 0 fully saturated rings. The highest BCUT2D eigenvalue weighted by atomic mass is 16.5. The van der Waals surface area contributed by atoms with Crippen molar-refractivity contribution < 1.29 is 19.7 Å². The zero-order valence-corrected chi connectivity index (χ0v) is 17.2. The molecule has 0 saturated heterocycles. The topological polar surface area (TPSA) is 66.8 Å². The van der Waals surface area contributed by atoms with Crippen molar-refractivity contribution in [2.45, 2.75) is 122 Å². The van der Waals surface area contributed by atoms with Crippen LogP contribution in [0.15, 0.2) is 0 Å². The molecule has 0 amide bonds. The smallest absolute Gasteiger partial charge is 0.306 e. The van der Waals surface area contributed by atoms with E-state index < -0.39 is 12.1 Å². The van der Waals surface area contributed by atoms with Gasteiger partial charge in [0.1, 0.15) is 0 Å². The minimum absolute atomic E-state index is 0.116. The molecule has 0 bridgehead atoms. The third-order valence-electron chi connectivity index (χ3n) is 4.96. The molecule has 0 aliphatic rings. The van der Waals surface area contributed by atoms with E-state index in [4.69, 9.17) is 14.9 Å². The lowest BCUT2D eigenvalue weighted by atomic mass is 10.0. The van der Waals surface area contributed by atoms with Crippen molar-refractivity contribution in [2.75, 3.05) is 13.2 Å². The Hall–Kier alpha value is -0.610. The van der Waals surface area contributed by atoms with Crippen LogP contribution < -0.4 is 0 Å². The Balaban J connectivity index is 3.14. The van der Waals surface area contributed by atoms with Crippen molar-refractivity contribution in [3.63, 3.8) is 0 Å². The SMILES string of the molecule is CCCCCCCCCCCCCCCCCCOC(CO)CC(=O)O. The number of hydrogen-bond donors (Lipinski definition) is 2. The molecule has 2 N–H and O–H groups in total. The molecule has 0 heterocycles. The summed E-state index contributed by atoms with van der Waals surface area (Å²) in [4.78, 5) is 10.6. The summed E-state index contributed by atoms with van der Waals surface area (Å²) in [5.41, 5.74) is 0. The molecule has 4 heteroatoms. The Kier molecular flexibility index (Phi) is 20.2. The second-order valence-electron chi connectivity index (χ2n) is 7.58. The van der Waals surface area contributed by atoms with Crippen LogP contribution in [0.2, 0.25) is 0 Å². The lowest BCUT2D eigenvalue weighted by Gasteiger charge is -2.12. The van der Waals surface area contributed by atoms with Gasteiger partial charge in [0.15, 0.2) is 0 Å². The molecular formula is C22H44O4. The molecule has 0 aliphatic heterocycles. The Morgan fingerprint density at radius 2 is 1.12 bits per heavy atom. The van der Waals surface area contributed by atoms with Gasteiger partial charge in [-0.1, -0.05) is 103 Å². The summed E-state index contributed by atoms with van der Waals surface area (Å²) in [6.45, 7) is 2.61. The summed E-state index contributed by atoms with van der Waals surface area (Å²) in [6.07, 6.45) is 20.7. The molecule has 1 atom stereocenters. The molecule has 156 valence electrons. The van der Waals surface area contributed by atoms with Crippen molar-refractivity contribution >= 4 is 5.97 Å². The number of carbonyl (C=O) groups is 1. The fraction of sp³-hybridized carbons (Fsp3) is 0.955. The lowest BCUT2D eigenvalue weighted by Crippen LogP contribution is -2.22. The maximum absolute atomic E-state index is 10.6. The van der Waals surface area contributed by atoms with Crippen molar-refractivity contribution in [1.29, 1.82) is 0 Å². The van der Waals surface area contributed by atoms with E-state index in [-0.39, 0.29) is 13.0 Å². The number of carboxylic acid groups (broad SMARTS) is 1. The van der Waals surface area contributed by atoms with Gasteiger partial charge in [-0.2, -0.15) is 0 Å². The highest BCUT2D eigenvalue weighted by Gasteiger charge is 2.11. The number of aliphatic carboxylic acids is 1. The van der Waals surface area contributed by atoms with Crippen LogP contribution in [0, 0.1) is 0 Å². The van der Waals surface area contributed by atoms with Gasteiger partial charge in [0.05, 0.1) is 19.1 Å². The molecule has 4 nitrogen and oxygen atoms in total. The largest absolute Gasteiger partial charge is 0.481 e. The van der Waals surface area contributed by atoms with E-state index in [1.165, 1.54) is 89.9 Å². The summed E-state index contributed by atoms with van der Waals surface area (Å²) in [5.74, 6) is -0.920. The van der Waals surface area contributed by atoms with Crippen molar-refractivity contribution in [3.8, 4) is 0 Å². The average molecular weight is 373 g/mol. The number of ether oxygens (including phenoxy) is 1. The Morgan fingerprint density at radius 1 is 0.731 bits per heavy atom. The Morgan fingerprint density at radius 3 is 1.46 bits per heavy atom. The number of carboxylic acids is 1. The maximum Gasteiger partial charge on any atom is 0.306 e. The van der Waals surface area contributed by atoms with E-state index in [1.807, 2.05) is 0 Å². The lowest BCUT2D eigenvalue weighted by molar-refractivity contribution is -0.141. The molecule has 0 aliphatic carbocycles. The van der Waals surface area contributed by atoms with Gasteiger partial charge >= 0.3 is 5.97 Å². The van der Waals surface area contributed by atoms with Gasteiger partial charge in [-0.15, -0.1) is 0 Å². The van der Waals surface area contributed by atoms with E-state index >= 15 is 0 Å². The molecule has 0 aromatic heterocycles. The fourth-order valence-electron chi connectivity index (χ4n) is 3.27. The first kappa shape index (κ1) is 25.4. The van der Waals surface area contributed by atoms with E-state index in [0.29, 0.717) is 6.61 Å². The minimum Gasteiger partial charge on any atom is -0.481 e. The van der Waals surface area contributed by atoms with E-state index in [0.717, 1.165) is 12.8 Å². The average Bonchev–Trinajstić information content (AvgIpc) is 2.63. The third-order valence-corrected chi connectivity index (χ3v) is 4.96. The normalized spacial score (nSPS) is 12.4. The fourth-order valence-corrected chi connectivity index (χ4v) is 3.27. The third kappa shape index (κ3) is 19.7. The van der Waals surface area contributed by atoms with Crippen LogP contribution in [0.4, 0.5) is 0 Å². The van der Waals surface area contributed by atoms with E-state index in [9.17, 15) is 4.79 Å². The first-order valence-corrected chi connectivity index (χ1v) is 11.1. The summed E-state index contributed by atoms with van der Waals surface area (Å²) in [6, 6.07) is 0. The zero-order valence-electron chi connectivity index (χ0n) is 17.2. The van der Waals surface area contributed by atoms with Crippen LogP contribution in [-0.2, 0) is 9.53 Å². The first-order chi connectivity index (χ1) is 12.7. The Labute approximate surface area is 161 Å². The molecule has 26 heavy (non-hydrogen) atoms. The molecule has 0 aromatic rings. The standard InChI is InChI=1S/C22H44O4/c1-2-3-4-5-6-7-8-9-10-11-12-13-14-15-16-17-18-26-21(20-23)19-22(24)25/h21,23H,2-20H2,1H3,(H,24,25). The minimum atomic E-state index is -0.920. The monoisotopic (exact) mass is 372 g/mol. The molecule has 0 radical (unpaired) electrons. The van der Waals surface area contributed by atoms with Crippen LogP contribution >= 0.6 is 0 Å². The highest BCUT2D eigenvalue weighted by Crippen LogP contribution is 2.13. The van der Waals surface area contributed by atoms with E-state index in [1.54, 1.807) is 0 Å². The second kappa shape index (κ2) is 20.7. The highest BCUT2D eigenvalue weighted by molar-refractivity contribution is 5.67. The summed E-state index contributed by atoms with van der Waals surface area (Å²) in [5, 5.41) is 17.7. The zero-order chi connectivity index (χ0) is 19.3. The molecule has 1 unspecified atom stereocenters. The maximum atomic E-state index is 10.6.